The number of carbonyl (C=O) groups is 1. The van der Waals surface area contributed by atoms with Gasteiger partial charge >= 0.3 is 5.97 Å². The third-order valence-corrected chi connectivity index (χ3v) is 3.55. The van der Waals surface area contributed by atoms with Gasteiger partial charge in [0.2, 0.25) is 0 Å². The van der Waals surface area contributed by atoms with Crippen LogP contribution in [0.1, 0.15) is 59.8 Å². The SMILES string of the molecule is CC(C)=CCCC(C)CCOC(=O)C1(C)CC1. The first-order valence-corrected chi connectivity index (χ1v) is 6.74. The molecule has 1 aliphatic carbocycles. The Kier molecular flexibility index (Phi) is 5.23. The van der Waals surface area contributed by atoms with E-state index >= 15 is 0 Å². The zero-order valence-corrected chi connectivity index (χ0v) is 11.7. The van der Waals surface area contributed by atoms with Gasteiger partial charge in [-0.1, -0.05) is 18.6 Å². The Morgan fingerprint density at radius 2 is 2.00 bits per heavy atom. The average Bonchev–Trinajstić information content (AvgIpc) is 2.97. The van der Waals surface area contributed by atoms with E-state index in [1.807, 2.05) is 6.92 Å². The maximum Gasteiger partial charge on any atom is 0.311 e. The van der Waals surface area contributed by atoms with Gasteiger partial charge in [0, 0.05) is 0 Å². The number of carbonyl (C=O) groups excluding carboxylic acids is 1. The van der Waals surface area contributed by atoms with Crippen LogP contribution in [-0.4, -0.2) is 12.6 Å². The monoisotopic (exact) mass is 238 g/mol. The predicted octanol–water partition coefficient (Wildman–Crippen LogP) is 4.10. The number of hydrogen-bond acceptors (Lipinski definition) is 2. The second-order valence-electron chi connectivity index (χ2n) is 5.95. The molecule has 0 N–H and O–H groups in total. The lowest BCUT2D eigenvalue weighted by molar-refractivity contribution is -0.149. The number of rotatable bonds is 7. The smallest absolute Gasteiger partial charge is 0.311 e. The van der Waals surface area contributed by atoms with Crippen molar-refractivity contribution < 1.29 is 9.53 Å². The van der Waals surface area contributed by atoms with Crippen LogP contribution in [0.25, 0.3) is 0 Å². The van der Waals surface area contributed by atoms with Crippen molar-refractivity contribution in [1.82, 2.24) is 0 Å². The molecule has 98 valence electrons. The molecule has 0 aromatic heterocycles. The van der Waals surface area contributed by atoms with E-state index in [0.29, 0.717) is 12.5 Å². The Morgan fingerprint density at radius 1 is 1.35 bits per heavy atom. The van der Waals surface area contributed by atoms with Gasteiger partial charge in [-0.05, 0) is 58.8 Å². The summed E-state index contributed by atoms with van der Waals surface area (Å²) in [5, 5.41) is 0. The van der Waals surface area contributed by atoms with Gasteiger partial charge in [-0.15, -0.1) is 0 Å². The first-order valence-electron chi connectivity index (χ1n) is 6.74. The van der Waals surface area contributed by atoms with E-state index in [9.17, 15) is 4.79 Å². The maximum absolute atomic E-state index is 11.6. The molecular formula is C15H26O2. The molecule has 0 aromatic carbocycles. The molecule has 1 fully saturated rings. The van der Waals surface area contributed by atoms with E-state index in [1.54, 1.807) is 0 Å². The van der Waals surface area contributed by atoms with Gasteiger partial charge in [-0.25, -0.2) is 0 Å². The maximum atomic E-state index is 11.6. The molecule has 0 aliphatic heterocycles. The third kappa shape index (κ3) is 5.38. The van der Waals surface area contributed by atoms with Crippen LogP contribution in [0.2, 0.25) is 0 Å². The van der Waals surface area contributed by atoms with Gasteiger partial charge in [-0.2, -0.15) is 0 Å². The Balaban J connectivity index is 2.05. The summed E-state index contributed by atoms with van der Waals surface area (Å²) >= 11 is 0. The summed E-state index contributed by atoms with van der Waals surface area (Å²) in [5.41, 5.74) is 1.25. The largest absolute Gasteiger partial charge is 0.465 e. The summed E-state index contributed by atoms with van der Waals surface area (Å²) < 4.78 is 5.31. The van der Waals surface area contributed by atoms with Crippen LogP contribution in [0.4, 0.5) is 0 Å². The molecule has 0 aromatic rings. The quantitative estimate of drug-likeness (QED) is 0.493. The average molecular weight is 238 g/mol. The van der Waals surface area contributed by atoms with Crippen molar-refractivity contribution in [2.75, 3.05) is 6.61 Å². The molecule has 0 heterocycles. The van der Waals surface area contributed by atoms with Gasteiger partial charge in [-0.3, -0.25) is 4.79 Å². The van der Waals surface area contributed by atoms with E-state index in [0.717, 1.165) is 25.7 Å². The van der Waals surface area contributed by atoms with Crippen LogP contribution >= 0.6 is 0 Å². The zero-order chi connectivity index (χ0) is 12.9. The van der Waals surface area contributed by atoms with Crippen molar-refractivity contribution >= 4 is 5.97 Å². The fourth-order valence-corrected chi connectivity index (χ4v) is 1.72. The number of esters is 1. The summed E-state index contributed by atoms with van der Waals surface area (Å²) in [5.74, 6) is 0.638. The zero-order valence-electron chi connectivity index (χ0n) is 11.7. The molecule has 0 amide bonds. The van der Waals surface area contributed by atoms with Crippen molar-refractivity contribution in [3.05, 3.63) is 11.6 Å². The van der Waals surface area contributed by atoms with Gasteiger partial charge in [0.25, 0.3) is 0 Å². The summed E-state index contributed by atoms with van der Waals surface area (Å²) in [7, 11) is 0. The molecule has 0 saturated heterocycles. The van der Waals surface area contributed by atoms with E-state index in [2.05, 4.69) is 26.8 Å². The Morgan fingerprint density at radius 3 is 2.53 bits per heavy atom. The first-order chi connectivity index (χ1) is 7.94. The van der Waals surface area contributed by atoms with Crippen molar-refractivity contribution in [1.29, 1.82) is 0 Å². The molecule has 1 saturated carbocycles. The molecule has 0 radical (unpaired) electrons. The van der Waals surface area contributed by atoms with Gasteiger partial charge < -0.3 is 4.74 Å². The molecule has 1 atom stereocenters. The van der Waals surface area contributed by atoms with E-state index < -0.39 is 0 Å². The normalized spacial score (nSPS) is 18.4. The molecular weight excluding hydrogens is 212 g/mol. The molecule has 1 unspecified atom stereocenters. The predicted molar refractivity (Wildman–Crippen MR) is 70.7 cm³/mol. The van der Waals surface area contributed by atoms with Crippen LogP contribution in [0.15, 0.2) is 11.6 Å². The fraction of sp³-hybridized carbons (Fsp3) is 0.800. The highest BCUT2D eigenvalue weighted by Crippen LogP contribution is 2.45. The molecule has 1 rings (SSSR count). The summed E-state index contributed by atoms with van der Waals surface area (Å²) in [6.45, 7) is 9.06. The Bertz CT molecular complexity index is 283. The highest BCUT2D eigenvalue weighted by molar-refractivity contribution is 5.79. The second-order valence-corrected chi connectivity index (χ2v) is 5.95. The Hall–Kier alpha value is -0.790. The minimum Gasteiger partial charge on any atom is -0.465 e. The Labute approximate surface area is 105 Å². The summed E-state index contributed by atoms with van der Waals surface area (Å²) in [6, 6.07) is 0. The molecule has 0 spiro atoms. The van der Waals surface area contributed by atoms with E-state index in [-0.39, 0.29) is 11.4 Å². The van der Waals surface area contributed by atoms with Crippen molar-refractivity contribution in [2.45, 2.75) is 59.8 Å². The summed E-state index contributed by atoms with van der Waals surface area (Å²) in [6.07, 6.45) is 7.57. The highest BCUT2D eigenvalue weighted by Gasteiger charge is 2.46. The second kappa shape index (κ2) is 6.23. The number of hydrogen-bond donors (Lipinski definition) is 0. The molecule has 1 aliphatic rings. The summed E-state index contributed by atoms with van der Waals surface area (Å²) in [4.78, 5) is 11.6. The van der Waals surface area contributed by atoms with Crippen LogP contribution in [0, 0.1) is 11.3 Å². The highest BCUT2D eigenvalue weighted by atomic mass is 16.5. The van der Waals surface area contributed by atoms with Crippen molar-refractivity contribution in [2.24, 2.45) is 11.3 Å². The lowest BCUT2D eigenvalue weighted by Gasteiger charge is -2.12. The molecule has 2 nitrogen and oxygen atoms in total. The molecule has 17 heavy (non-hydrogen) atoms. The minimum absolute atomic E-state index is 0.00833. The van der Waals surface area contributed by atoms with Crippen molar-refractivity contribution in [3.8, 4) is 0 Å². The van der Waals surface area contributed by atoms with Crippen LogP contribution in [0.5, 0.6) is 0 Å². The van der Waals surface area contributed by atoms with Crippen LogP contribution < -0.4 is 0 Å². The molecule has 0 bridgehead atoms. The van der Waals surface area contributed by atoms with Gasteiger partial charge in [0.15, 0.2) is 0 Å². The standard InChI is InChI=1S/C15H26O2/c1-12(2)6-5-7-13(3)8-11-17-14(16)15(4)9-10-15/h6,13H,5,7-11H2,1-4H3. The van der Waals surface area contributed by atoms with Crippen LogP contribution in [0.3, 0.4) is 0 Å². The lowest BCUT2D eigenvalue weighted by Crippen LogP contribution is -2.17. The fourth-order valence-electron chi connectivity index (χ4n) is 1.72. The topological polar surface area (TPSA) is 26.3 Å². The number of allylic oxidation sites excluding steroid dienone is 2. The van der Waals surface area contributed by atoms with Crippen molar-refractivity contribution in [3.63, 3.8) is 0 Å². The lowest BCUT2D eigenvalue weighted by atomic mass is 10.0. The van der Waals surface area contributed by atoms with Gasteiger partial charge in [0.1, 0.15) is 0 Å². The van der Waals surface area contributed by atoms with Crippen LogP contribution in [-0.2, 0) is 9.53 Å². The third-order valence-electron chi connectivity index (χ3n) is 3.55. The van der Waals surface area contributed by atoms with E-state index in [4.69, 9.17) is 4.74 Å². The molecule has 2 heteroatoms. The minimum atomic E-state index is -0.134. The van der Waals surface area contributed by atoms with E-state index in [1.165, 1.54) is 12.0 Å². The number of ether oxygens (including phenoxy) is 1. The van der Waals surface area contributed by atoms with Gasteiger partial charge in [0.05, 0.1) is 12.0 Å². The first kappa shape index (κ1) is 14.3.